The Kier molecular flexibility index (Phi) is 7.01. The van der Waals surface area contributed by atoms with E-state index in [2.05, 4.69) is 6.92 Å². The van der Waals surface area contributed by atoms with Crippen LogP contribution in [0.4, 0.5) is 0 Å². The fourth-order valence-corrected chi connectivity index (χ4v) is 3.73. The van der Waals surface area contributed by atoms with Crippen molar-refractivity contribution in [2.75, 3.05) is 6.54 Å². The van der Waals surface area contributed by atoms with Gasteiger partial charge in [0.15, 0.2) is 0 Å². The summed E-state index contributed by atoms with van der Waals surface area (Å²) in [6.07, 6.45) is 2.93. The summed E-state index contributed by atoms with van der Waals surface area (Å²) >= 11 is 0. The van der Waals surface area contributed by atoms with Crippen LogP contribution in [-0.4, -0.2) is 35.1 Å². The number of amidine groups is 2. The number of ether oxygens (including phenoxy) is 2. The number of carbonyl (C=O) groups excluding carboxylic acids is 1. The monoisotopic (exact) mass is 471 g/mol. The van der Waals surface area contributed by atoms with Crippen molar-refractivity contribution in [1.82, 2.24) is 4.90 Å². The topological polar surface area (TPSA) is 139 Å². The first-order valence-corrected chi connectivity index (χ1v) is 11.5. The van der Waals surface area contributed by atoms with E-state index < -0.39 is 0 Å². The van der Waals surface area contributed by atoms with Gasteiger partial charge in [-0.15, -0.1) is 0 Å². The van der Waals surface area contributed by atoms with Gasteiger partial charge in [0.05, 0.1) is 0 Å². The highest BCUT2D eigenvalue weighted by Gasteiger charge is 2.32. The van der Waals surface area contributed by atoms with Crippen molar-refractivity contribution in [3.05, 3.63) is 83.4 Å². The molecule has 0 aliphatic heterocycles. The van der Waals surface area contributed by atoms with Crippen molar-refractivity contribution in [1.29, 1.82) is 10.8 Å². The van der Waals surface area contributed by atoms with E-state index in [1.165, 1.54) is 0 Å². The van der Waals surface area contributed by atoms with Crippen molar-refractivity contribution in [2.24, 2.45) is 11.5 Å². The molecule has 6 N–H and O–H groups in total. The van der Waals surface area contributed by atoms with Crippen LogP contribution < -0.4 is 20.9 Å². The smallest absolute Gasteiger partial charge is 0.254 e. The number of amides is 1. The lowest BCUT2D eigenvalue weighted by molar-refractivity contribution is 0.0742. The molecule has 1 aliphatic rings. The van der Waals surface area contributed by atoms with E-state index in [9.17, 15) is 4.79 Å². The third kappa shape index (κ3) is 5.97. The highest BCUT2D eigenvalue weighted by molar-refractivity contribution is 5.96. The first-order chi connectivity index (χ1) is 16.8. The first kappa shape index (κ1) is 23.8. The Bertz CT molecular complexity index is 1160. The van der Waals surface area contributed by atoms with E-state index in [1.54, 1.807) is 66.7 Å². The molecule has 0 saturated heterocycles. The summed E-state index contributed by atoms with van der Waals surface area (Å²) in [5.74, 6) is 1.90. The number of hydrogen-bond acceptors (Lipinski definition) is 5. The Morgan fingerprint density at radius 1 is 0.800 bits per heavy atom. The van der Waals surface area contributed by atoms with E-state index >= 15 is 0 Å². The Morgan fingerprint density at radius 3 is 1.63 bits per heavy atom. The molecule has 1 aliphatic carbocycles. The molecule has 1 amide bonds. The molecular formula is C27H29N5O3. The summed E-state index contributed by atoms with van der Waals surface area (Å²) in [4.78, 5) is 15.3. The van der Waals surface area contributed by atoms with Crippen molar-refractivity contribution < 1.29 is 14.3 Å². The van der Waals surface area contributed by atoms with E-state index in [1.807, 2.05) is 4.90 Å². The van der Waals surface area contributed by atoms with Gasteiger partial charge in [-0.25, -0.2) is 0 Å². The molecule has 1 fully saturated rings. The summed E-state index contributed by atoms with van der Waals surface area (Å²) < 4.78 is 12.1. The number of nitrogens with two attached hydrogens (primary N) is 2. The van der Waals surface area contributed by atoms with Crippen molar-refractivity contribution in [2.45, 2.75) is 32.2 Å². The summed E-state index contributed by atoms with van der Waals surface area (Å²) in [6, 6.07) is 19.2. The molecule has 3 aromatic carbocycles. The molecule has 0 radical (unpaired) electrons. The van der Waals surface area contributed by atoms with Crippen LogP contribution in [0.2, 0.25) is 0 Å². The molecule has 0 unspecified atom stereocenters. The first-order valence-electron chi connectivity index (χ1n) is 11.5. The average molecular weight is 472 g/mol. The van der Waals surface area contributed by atoms with Crippen molar-refractivity contribution >= 4 is 17.6 Å². The van der Waals surface area contributed by atoms with Crippen LogP contribution in [0.5, 0.6) is 23.0 Å². The highest BCUT2D eigenvalue weighted by Crippen LogP contribution is 2.33. The van der Waals surface area contributed by atoms with Gasteiger partial charge in [0.1, 0.15) is 34.7 Å². The van der Waals surface area contributed by atoms with Gasteiger partial charge < -0.3 is 25.8 Å². The summed E-state index contributed by atoms with van der Waals surface area (Å²) in [5.41, 5.74) is 12.7. The standard InChI is InChI=1S/C27H29N5O3/c1-2-13-32(20-7-8-20)27(33)19-14-23(34-21-9-3-17(4-10-21)25(28)29)16-24(15-19)35-22-11-5-18(6-12-22)26(30)31/h3-6,9-12,14-16,20H,2,7-8,13H2,1H3,(H3,28,29)(H3,30,31). The second kappa shape index (κ2) is 10.3. The number of nitrogens with one attached hydrogen (secondary N) is 2. The lowest BCUT2D eigenvalue weighted by Crippen LogP contribution is -2.33. The van der Waals surface area contributed by atoms with Crippen LogP contribution in [0.3, 0.4) is 0 Å². The predicted octanol–water partition coefficient (Wildman–Crippen LogP) is 4.85. The van der Waals surface area contributed by atoms with E-state index in [4.69, 9.17) is 31.8 Å². The van der Waals surface area contributed by atoms with Crippen LogP contribution in [-0.2, 0) is 0 Å². The maximum Gasteiger partial charge on any atom is 0.254 e. The minimum Gasteiger partial charge on any atom is -0.457 e. The number of carbonyl (C=O) groups is 1. The second-order valence-corrected chi connectivity index (χ2v) is 8.50. The van der Waals surface area contributed by atoms with Gasteiger partial charge >= 0.3 is 0 Å². The lowest BCUT2D eigenvalue weighted by Gasteiger charge is -2.22. The summed E-state index contributed by atoms with van der Waals surface area (Å²) in [7, 11) is 0. The third-order valence-electron chi connectivity index (χ3n) is 5.64. The highest BCUT2D eigenvalue weighted by atomic mass is 16.5. The van der Waals surface area contributed by atoms with Gasteiger partial charge in [0.2, 0.25) is 0 Å². The quantitative estimate of drug-likeness (QED) is 0.247. The summed E-state index contributed by atoms with van der Waals surface area (Å²) in [6.45, 7) is 2.76. The van der Waals surface area contributed by atoms with Crippen LogP contribution in [0.1, 0.15) is 47.7 Å². The molecule has 0 aromatic heterocycles. The zero-order valence-electron chi connectivity index (χ0n) is 19.6. The van der Waals surface area contributed by atoms with Gasteiger partial charge in [-0.3, -0.25) is 15.6 Å². The number of hydrogen-bond donors (Lipinski definition) is 4. The minimum atomic E-state index is -0.0523. The SMILES string of the molecule is CCCN(C(=O)c1cc(Oc2ccc(C(=N)N)cc2)cc(Oc2ccc(C(=N)N)cc2)c1)C1CC1. The number of rotatable bonds is 10. The van der Waals surface area contributed by atoms with Gasteiger partial charge in [0, 0.05) is 35.3 Å². The molecule has 0 heterocycles. The molecule has 35 heavy (non-hydrogen) atoms. The average Bonchev–Trinajstić information content (AvgIpc) is 3.68. The Labute approximate surface area is 204 Å². The summed E-state index contributed by atoms with van der Waals surface area (Å²) in [5, 5.41) is 15.1. The molecular weight excluding hydrogens is 442 g/mol. The molecule has 8 heteroatoms. The van der Waals surface area contributed by atoms with Crippen molar-refractivity contribution in [3.8, 4) is 23.0 Å². The van der Waals surface area contributed by atoms with Gasteiger partial charge in [-0.1, -0.05) is 6.92 Å². The molecule has 0 atom stereocenters. The fourth-order valence-electron chi connectivity index (χ4n) is 3.73. The number of benzene rings is 3. The molecule has 0 spiro atoms. The van der Waals surface area contributed by atoms with E-state index in [-0.39, 0.29) is 23.6 Å². The zero-order valence-corrected chi connectivity index (χ0v) is 19.6. The maximum absolute atomic E-state index is 13.4. The Morgan fingerprint density at radius 2 is 1.26 bits per heavy atom. The number of nitrogen functional groups attached to an aromatic ring is 2. The zero-order chi connectivity index (χ0) is 24.9. The molecule has 1 saturated carbocycles. The van der Waals surface area contributed by atoms with E-state index in [0.717, 1.165) is 19.3 Å². The Hall–Kier alpha value is -4.33. The molecule has 3 aromatic rings. The van der Waals surface area contributed by atoms with Gasteiger partial charge in [-0.05, 0) is 79.9 Å². The maximum atomic E-state index is 13.4. The molecule has 8 nitrogen and oxygen atoms in total. The predicted molar refractivity (Wildman–Crippen MR) is 136 cm³/mol. The van der Waals surface area contributed by atoms with E-state index in [0.29, 0.717) is 46.2 Å². The minimum absolute atomic E-state index is 0.0216. The number of nitrogens with zero attached hydrogens (tertiary/aromatic N) is 1. The normalized spacial score (nSPS) is 12.6. The molecule has 0 bridgehead atoms. The Balaban J connectivity index is 1.64. The van der Waals surface area contributed by atoms with Crippen LogP contribution in [0.25, 0.3) is 0 Å². The van der Waals surface area contributed by atoms with Crippen LogP contribution in [0.15, 0.2) is 66.7 Å². The fraction of sp³-hybridized carbons (Fsp3) is 0.222. The van der Waals surface area contributed by atoms with Crippen LogP contribution >= 0.6 is 0 Å². The molecule has 4 rings (SSSR count). The van der Waals surface area contributed by atoms with Crippen molar-refractivity contribution in [3.63, 3.8) is 0 Å². The van der Waals surface area contributed by atoms with Gasteiger partial charge in [-0.2, -0.15) is 0 Å². The molecule has 180 valence electrons. The largest absolute Gasteiger partial charge is 0.457 e. The third-order valence-corrected chi connectivity index (χ3v) is 5.64. The van der Waals surface area contributed by atoms with Gasteiger partial charge in [0.25, 0.3) is 5.91 Å². The second-order valence-electron chi connectivity index (χ2n) is 8.50. The van der Waals surface area contributed by atoms with Crippen LogP contribution in [0, 0.1) is 10.8 Å². The lowest BCUT2D eigenvalue weighted by atomic mass is 10.1.